The number of carbonyl (C=O) groups excluding carboxylic acids is 1. The van der Waals surface area contributed by atoms with Gasteiger partial charge in [-0.3, -0.25) is 9.36 Å². The zero-order valence-corrected chi connectivity index (χ0v) is 18.9. The number of Topliss-reactive ketones (excluding diaryl/α,β-unsaturated/α-hetero) is 1. The highest BCUT2D eigenvalue weighted by Gasteiger charge is 2.37. The van der Waals surface area contributed by atoms with E-state index in [0.29, 0.717) is 6.42 Å². The largest absolute Gasteiger partial charge is 0.497 e. The number of anilines is 1. The van der Waals surface area contributed by atoms with Gasteiger partial charge in [-0.05, 0) is 47.7 Å². The molecule has 6 rings (SSSR count). The lowest BCUT2D eigenvalue weighted by Gasteiger charge is -2.35. The molecule has 0 fully saturated rings. The van der Waals surface area contributed by atoms with Crippen LogP contribution in [0, 0.1) is 0 Å². The quantitative estimate of drug-likeness (QED) is 0.409. The van der Waals surface area contributed by atoms with Crippen molar-refractivity contribution in [2.24, 2.45) is 0 Å². The van der Waals surface area contributed by atoms with Gasteiger partial charge in [-0.2, -0.15) is 0 Å². The Bertz CT molecular complexity index is 1430. The van der Waals surface area contributed by atoms with Gasteiger partial charge in [0.15, 0.2) is 5.78 Å². The van der Waals surface area contributed by atoms with E-state index in [2.05, 4.69) is 52.4 Å². The molecule has 2 aliphatic rings. The SMILES string of the molecule is COc1ccc([C@H]2CC(=O)C3=C(C2)Nc2nc4ccccc4n2[C@@H]3/C=C/c2ccccc2)cc1. The molecule has 0 bridgehead atoms. The van der Waals surface area contributed by atoms with Gasteiger partial charge in [0.25, 0.3) is 0 Å². The summed E-state index contributed by atoms with van der Waals surface area (Å²) >= 11 is 0. The number of para-hydroxylation sites is 2. The van der Waals surface area contributed by atoms with Crippen LogP contribution in [-0.2, 0) is 4.79 Å². The minimum atomic E-state index is -0.205. The molecule has 2 heterocycles. The molecule has 4 aromatic rings. The summed E-state index contributed by atoms with van der Waals surface area (Å²) in [6.07, 6.45) is 5.49. The number of hydrogen-bond acceptors (Lipinski definition) is 4. The summed E-state index contributed by atoms with van der Waals surface area (Å²) in [4.78, 5) is 18.5. The number of carbonyl (C=O) groups is 1. The molecular formula is C29H25N3O2. The first-order valence-electron chi connectivity index (χ1n) is 11.6. The van der Waals surface area contributed by atoms with Gasteiger partial charge < -0.3 is 10.1 Å². The zero-order chi connectivity index (χ0) is 23.1. The Kier molecular flexibility index (Phi) is 5.02. The molecule has 34 heavy (non-hydrogen) atoms. The summed E-state index contributed by atoms with van der Waals surface area (Å²) in [5, 5.41) is 3.52. The van der Waals surface area contributed by atoms with Crippen molar-refractivity contribution in [3.8, 4) is 5.75 Å². The Morgan fingerprint density at radius 3 is 2.53 bits per heavy atom. The molecule has 0 spiro atoms. The number of hydrogen-bond donors (Lipinski definition) is 1. The first kappa shape index (κ1) is 20.5. The van der Waals surface area contributed by atoms with Crippen LogP contribution in [0.5, 0.6) is 5.75 Å². The van der Waals surface area contributed by atoms with Gasteiger partial charge in [-0.1, -0.05) is 66.7 Å². The van der Waals surface area contributed by atoms with E-state index in [1.165, 1.54) is 0 Å². The van der Waals surface area contributed by atoms with E-state index in [1.54, 1.807) is 7.11 Å². The number of methoxy groups -OCH3 is 1. The fourth-order valence-electron chi connectivity index (χ4n) is 5.13. The third kappa shape index (κ3) is 3.50. The van der Waals surface area contributed by atoms with E-state index < -0.39 is 0 Å². The lowest BCUT2D eigenvalue weighted by atomic mass is 9.79. The molecule has 0 radical (unpaired) electrons. The van der Waals surface area contributed by atoms with Crippen LogP contribution in [0.25, 0.3) is 17.1 Å². The molecule has 1 aliphatic carbocycles. The van der Waals surface area contributed by atoms with Crippen LogP contribution in [0.3, 0.4) is 0 Å². The molecule has 3 aromatic carbocycles. The predicted molar refractivity (Wildman–Crippen MR) is 135 cm³/mol. The number of ketones is 1. The van der Waals surface area contributed by atoms with Gasteiger partial charge in [-0.25, -0.2) is 4.98 Å². The van der Waals surface area contributed by atoms with Crippen molar-refractivity contribution in [2.75, 3.05) is 12.4 Å². The molecular weight excluding hydrogens is 422 g/mol. The highest BCUT2D eigenvalue weighted by Crippen LogP contribution is 2.44. The van der Waals surface area contributed by atoms with Crippen LogP contribution in [0.2, 0.25) is 0 Å². The maximum atomic E-state index is 13.6. The van der Waals surface area contributed by atoms with Gasteiger partial charge in [0.05, 0.1) is 24.2 Å². The first-order chi connectivity index (χ1) is 16.7. The molecule has 168 valence electrons. The Morgan fingerprint density at radius 2 is 1.74 bits per heavy atom. The van der Waals surface area contributed by atoms with Crippen molar-refractivity contribution >= 4 is 28.8 Å². The molecule has 1 aromatic heterocycles. The van der Waals surface area contributed by atoms with Gasteiger partial charge in [0.1, 0.15) is 5.75 Å². The number of nitrogens with zero attached hydrogens (tertiary/aromatic N) is 2. The van der Waals surface area contributed by atoms with Gasteiger partial charge in [0, 0.05) is 17.7 Å². The predicted octanol–water partition coefficient (Wildman–Crippen LogP) is 6.13. The van der Waals surface area contributed by atoms with Crippen molar-refractivity contribution in [1.29, 1.82) is 0 Å². The smallest absolute Gasteiger partial charge is 0.209 e. The van der Waals surface area contributed by atoms with Crippen molar-refractivity contribution < 1.29 is 9.53 Å². The van der Waals surface area contributed by atoms with Gasteiger partial charge in [0.2, 0.25) is 5.95 Å². The number of fused-ring (bicyclic) bond motifs is 3. The molecule has 0 saturated heterocycles. The summed E-state index contributed by atoms with van der Waals surface area (Å²) < 4.78 is 7.45. The number of rotatable bonds is 4. The summed E-state index contributed by atoms with van der Waals surface area (Å²) in [5.41, 5.74) is 6.01. The maximum absolute atomic E-state index is 13.6. The monoisotopic (exact) mass is 447 g/mol. The molecule has 0 unspecified atom stereocenters. The number of ether oxygens (including phenoxy) is 1. The maximum Gasteiger partial charge on any atom is 0.209 e. The standard InChI is InChI=1S/C29H25N3O2/c1-34-22-14-12-20(13-15-22)21-17-24-28(27(33)18-21)26(16-11-19-7-3-2-4-8-19)32-25-10-6-5-9-23(25)30-29(32)31-24/h2-16,21,26H,17-18H2,1H3,(H,30,31)/b16-11+/t21-,26-/m1/s1. The number of benzene rings is 3. The van der Waals surface area contributed by atoms with Crippen LogP contribution in [0.4, 0.5) is 5.95 Å². The zero-order valence-electron chi connectivity index (χ0n) is 18.9. The number of nitrogens with one attached hydrogen (secondary N) is 1. The van der Waals surface area contributed by atoms with E-state index in [1.807, 2.05) is 48.5 Å². The van der Waals surface area contributed by atoms with E-state index in [4.69, 9.17) is 9.72 Å². The summed E-state index contributed by atoms with van der Waals surface area (Å²) in [6, 6.07) is 26.1. The Morgan fingerprint density at radius 1 is 0.971 bits per heavy atom. The second-order valence-corrected chi connectivity index (χ2v) is 8.83. The summed E-state index contributed by atoms with van der Waals surface area (Å²) in [6.45, 7) is 0. The lowest BCUT2D eigenvalue weighted by molar-refractivity contribution is -0.116. The average molecular weight is 448 g/mol. The minimum Gasteiger partial charge on any atom is -0.497 e. The van der Waals surface area contributed by atoms with Crippen molar-refractivity contribution in [3.05, 3.63) is 107 Å². The van der Waals surface area contributed by atoms with Gasteiger partial charge in [-0.15, -0.1) is 0 Å². The van der Waals surface area contributed by atoms with Crippen LogP contribution >= 0.6 is 0 Å². The minimum absolute atomic E-state index is 0.124. The normalized spacial score (nSPS) is 19.7. The van der Waals surface area contributed by atoms with Crippen molar-refractivity contribution in [1.82, 2.24) is 9.55 Å². The Balaban J connectivity index is 1.43. The summed E-state index contributed by atoms with van der Waals surface area (Å²) in [5.74, 6) is 1.91. The second kappa shape index (κ2) is 8.34. The number of imidazole rings is 1. The fraction of sp³-hybridized carbons (Fsp3) is 0.172. The van der Waals surface area contributed by atoms with E-state index in [0.717, 1.165) is 51.5 Å². The number of allylic oxidation sites excluding steroid dienone is 3. The van der Waals surface area contributed by atoms with E-state index >= 15 is 0 Å². The third-order valence-electron chi connectivity index (χ3n) is 6.80. The van der Waals surface area contributed by atoms with E-state index in [9.17, 15) is 4.79 Å². The topological polar surface area (TPSA) is 56.1 Å². The fourth-order valence-corrected chi connectivity index (χ4v) is 5.13. The molecule has 0 amide bonds. The lowest BCUT2D eigenvalue weighted by Crippen LogP contribution is -2.31. The molecule has 0 saturated carbocycles. The first-order valence-corrected chi connectivity index (χ1v) is 11.6. The van der Waals surface area contributed by atoms with Crippen LogP contribution in [-0.4, -0.2) is 22.4 Å². The summed E-state index contributed by atoms with van der Waals surface area (Å²) in [7, 11) is 1.66. The molecule has 1 N–H and O–H groups in total. The third-order valence-corrected chi connectivity index (χ3v) is 6.80. The molecule has 2 atom stereocenters. The van der Waals surface area contributed by atoms with Crippen molar-refractivity contribution in [2.45, 2.75) is 24.8 Å². The molecule has 1 aliphatic heterocycles. The average Bonchev–Trinajstić information content (AvgIpc) is 3.25. The second-order valence-electron chi connectivity index (χ2n) is 8.83. The van der Waals surface area contributed by atoms with Gasteiger partial charge >= 0.3 is 0 Å². The highest BCUT2D eigenvalue weighted by atomic mass is 16.5. The van der Waals surface area contributed by atoms with Crippen molar-refractivity contribution in [3.63, 3.8) is 0 Å². The molecule has 5 heteroatoms. The number of aromatic nitrogens is 2. The van der Waals surface area contributed by atoms with Crippen LogP contribution < -0.4 is 10.1 Å². The van der Waals surface area contributed by atoms with E-state index in [-0.39, 0.29) is 17.7 Å². The molecule has 5 nitrogen and oxygen atoms in total. The van der Waals surface area contributed by atoms with Crippen LogP contribution in [0.15, 0.2) is 96.2 Å². The Hall–Kier alpha value is -4.12. The Labute approximate surface area is 198 Å². The van der Waals surface area contributed by atoms with Crippen LogP contribution in [0.1, 0.15) is 35.9 Å². The highest BCUT2D eigenvalue weighted by molar-refractivity contribution is 6.01.